The number of hydrogen-bond acceptors (Lipinski definition) is 6. The van der Waals surface area contributed by atoms with Gasteiger partial charge in [0.25, 0.3) is 17.7 Å². The van der Waals surface area contributed by atoms with Crippen molar-refractivity contribution in [2.45, 2.75) is 19.6 Å². The van der Waals surface area contributed by atoms with Gasteiger partial charge in [0.1, 0.15) is 0 Å². The molecule has 0 saturated heterocycles. The number of ether oxygens (including phenoxy) is 2. The third kappa shape index (κ3) is 4.55. The minimum Gasteiger partial charge on any atom is -0.449 e. The summed E-state index contributed by atoms with van der Waals surface area (Å²) in [5, 5.41) is 2.58. The second-order valence-electron chi connectivity index (χ2n) is 6.77. The van der Waals surface area contributed by atoms with Crippen LogP contribution in [0.25, 0.3) is 0 Å². The first-order valence-corrected chi connectivity index (χ1v) is 9.44. The van der Waals surface area contributed by atoms with E-state index in [-0.39, 0.29) is 23.2 Å². The lowest BCUT2D eigenvalue weighted by Gasteiger charge is -2.13. The number of benzene rings is 2. The van der Waals surface area contributed by atoms with E-state index < -0.39 is 29.8 Å². The molecule has 0 radical (unpaired) electrons. The molecule has 1 N–H and O–H groups in total. The number of carbonyl (C=O) groups is 4. The van der Waals surface area contributed by atoms with Crippen LogP contribution in [-0.4, -0.2) is 55.0 Å². The lowest BCUT2D eigenvalue weighted by Crippen LogP contribution is -2.37. The molecule has 0 fully saturated rings. The Morgan fingerprint density at radius 1 is 1.03 bits per heavy atom. The van der Waals surface area contributed by atoms with E-state index in [0.29, 0.717) is 13.2 Å². The Labute approximate surface area is 173 Å². The van der Waals surface area contributed by atoms with Crippen molar-refractivity contribution in [3.05, 3.63) is 70.8 Å². The lowest BCUT2D eigenvalue weighted by molar-refractivity contribution is -0.129. The number of hydrogen-bond donors (Lipinski definition) is 1. The van der Waals surface area contributed by atoms with Gasteiger partial charge in [0.15, 0.2) is 6.10 Å². The van der Waals surface area contributed by atoms with Gasteiger partial charge >= 0.3 is 5.97 Å². The molecular formula is C22H22N2O6. The predicted octanol–water partition coefficient (Wildman–Crippen LogP) is 1.79. The van der Waals surface area contributed by atoms with Gasteiger partial charge in [-0.05, 0) is 30.7 Å². The first-order valence-electron chi connectivity index (χ1n) is 9.44. The van der Waals surface area contributed by atoms with Gasteiger partial charge in [-0.15, -0.1) is 0 Å². The van der Waals surface area contributed by atoms with E-state index in [0.717, 1.165) is 10.5 Å². The second-order valence-corrected chi connectivity index (χ2v) is 6.77. The number of nitrogens with one attached hydrogen (secondary N) is 1. The maximum Gasteiger partial charge on any atom is 0.338 e. The van der Waals surface area contributed by atoms with Crippen molar-refractivity contribution in [2.75, 3.05) is 20.3 Å². The average Bonchev–Trinajstić information content (AvgIpc) is 2.99. The lowest BCUT2D eigenvalue weighted by atomic mass is 10.1. The van der Waals surface area contributed by atoms with Crippen molar-refractivity contribution in [1.29, 1.82) is 0 Å². The van der Waals surface area contributed by atoms with E-state index in [2.05, 4.69) is 5.32 Å². The van der Waals surface area contributed by atoms with Gasteiger partial charge in [-0.2, -0.15) is 0 Å². The summed E-state index contributed by atoms with van der Waals surface area (Å²) in [5.41, 5.74) is 1.29. The Morgan fingerprint density at radius 3 is 2.43 bits per heavy atom. The number of amides is 3. The smallest absolute Gasteiger partial charge is 0.338 e. The molecule has 0 spiro atoms. The summed E-state index contributed by atoms with van der Waals surface area (Å²) in [6.07, 6.45) is -1.02. The van der Waals surface area contributed by atoms with Crippen molar-refractivity contribution in [3.8, 4) is 0 Å². The number of imide groups is 1. The summed E-state index contributed by atoms with van der Waals surface area (Å²) in [6.45, 7) is 2.23. The molecule has 0 aromatic heterocycles. The molecule has 3 rings (SSSR count). The third-order valence-electron chi connectivity index (χ3n) is 4.65. The maximum atomic E-state index is 12.7. The highest BCUT2D eigenvalue weighted by Crippen LogP contribution is 2.26. The summed E-state index contributed by atoms with van der Waals surface area (Å²) in [5.74, 6) is -2.10. The molecule has 2 aromatic carbocycles. The van der Waals surface area contributed by atoms with Gasteiger partial charge < -0.3 is 14.8 Å². The molecule has 1 aliphatic rings. The quantitative estimate of drug-likeness (QED) is 0.404. The minimum absolute atomic E-state index is 0.0907. The normalized spacial score (nSPS) is 13.7. The molecule has 0 aliphatic carbocycles. The summed E-state index contributed by atoms with van der Waals surface area (Å²) in [4.78, 5) is 50.8. The van der Waals surface area contributed by atoms with E-state index in [4.69, 9.17) is 9.47 Å². The highest BCUT2D eigenvalue weighted by molar-refractivity contribution is 6.21. The van der Waals surface area contributed by atoms with Crippen LogP contribution in [0.1, 0.15) is 43.6 Å². The van der Waals surface area contributed by atoms with Crippen LogP contribution >= 0.6 is 0 Å². The number of fused-ring (bicyclic) bond motifs is 1. The van der Waals surface area contributed by atoms with Crippen LogP contribution in [0.15, 0.2) is 48.5 Å². The molecule has 1 aliphatic heterocycles. The Kier molecular flexibility index (Phi) is 6.58. The van der Waals surface area contributed by atoms with Crippen LogP contribution in [0, 0.1) is 0 Å². The van der Waals surface area contributed by atoms with Gasteiger partial charge in [0.05, 0.1) is 29.8 Å². The Hall–Kier alpha value is -3.52. The standard InChI is InChI=1S/C22H22N2O6/c1-14(19(25)23-10-11-29-2)30-22(28)16-8-9-17-18(12-16)21(27)24(20(17)26)13-15-6-4-3-5-7-15/h3-9,12,14H,10-11,13H2,1-2H3,(H,23,25)/t14-/m1/s1. The van der Waals surface area contributed by atoms with Crippen molar-refractivity contribution < 1.29 is 28.7 Å². The number of carbonyl (C=O) groups excluding carboxylic acids is 4. The summed E-state index contributed by atoms with van der Waals surface area (Å²) in [6, 6.07) is 13.3. The largest absolute Gasteiger partial charge is 0.449 e. The van der Waals surface area contributed by atoms with Gasteiger partial charge in [-0.3, -0.25) is 19.3 Å². The average molecular weight is 410 g/mol. The molecule has 1 heterocycles. The van der Waals surface area contributed by atoms with Gasteiger partial charge in [0, 0.05) is 13.7 Å². The molecule has 30 heavy (non-hydrogen) atoms. The van der Waals surface area contributed by atoms with Gasteiger partial charge in [-0.1, -0.05) is 30.3 Å². The van der Waals surface area contributed by atoms with E-state index in [1.807, 2.05) is 30.3 Å². The fourth-order valence-corrected chi connectivity index (χ4v) is 3.03. The number of nitrogens with zero attached hydrogens (tertiary/aromatic N) is 1. The Morgan fingerprint density at radius 2 is 1.73 bits per heavy atom. The Balaban J connectivity index is 1.70. The van der Waals surface area contributed by atoms with Crippen molar-refractivity contribution in [1.82, 2.24) is 10.2 Å². The SMILES string of the molecule is COCCNC(=O)[C@@H](C)OC(=O)c1ccc2c(c1)C(=O)N(Cc1ccccc1)C2=O. The minimum atomic E-state index is -1.02. The number of rotatable bonds is 8. The molecule has 156 valence electrons. The summed E-state index contributed by atoms with van der Waals surface area (Å²) < 4.78 is 10.0. The van der Waals surface area contributed by atoms with Crippen LogP contribution in [0.5, 0.6) is 0 Å². The third-order valence-corrected chi connectivity index (χ3v) is 4.65. The molecule has 8 nitrogen and oxygen atoms in total. The first kappa shape index (κ1) is 21.2. The van der Waals surface area contributed by atoms with Crippen LogP contribution in [0.3, 0.4) is 0 Å². The fraction of sp³-hybridized carbons (Fsp3) is 0.273. The highest BCUT2D eigenvalue weighted by Gasteiger charge is 2.36. The van der Waals surface area contributed by atoms with Gasteiger partial charge in [0.2, 0.25) is 0 Å². The number of methoxy groups -OCH3 is 1. The molecule has 0 bridgehead atoms. The van der Waals surface area contributed by atoms with Crippen LogP contribution in [-0.2, 0) is 20.8 Å². The zero-order valence-electron chi connectivity index (χ0n) is 16.7. The molecule has 1 atom stereocenters. The van der Waals surface area contributed by atoms with Crippen LogP contribution in [0.4, 0.5) is 0 Å². The molecule has 2 aromatic rings. The van der Waals surface area contributed by atoms with E-state index in [1.165, 1.54) is 32.2 Å². The molecule has 0 saturated carbocycles. The zero-order chi connectivity index (χ0) is 21.7. The van der Waals surface area contributed by atoms with Crippen molar-refractivity contribution >= 4 is 23.7 Å². The number of esters is 1. The molecule has 3 amide bonds. The summed E-state index contributed by atoms with van der Waals surface area (Å²) >= 11 is 0. The zero-order valence-corrected chi connectivity index (χ0v) is 16.7. The van der Waals surface area contributed by atoms with E-state index in [1.54, 1.807) is 0 Å². The monoisotopic (exact) mass is 410 g/mol. The Bertz CT molecular complexity index is 973. The van der Waals surface area contributed by atoms with Crippen molar-refractivity contribution in [3.63, 3.8) is 0 Å². The van der Waals surface area contributed by atoms with E-state index in [9.17, 15) is 19.2 Å². The van der Waals surface area contributed by atoms with Crippen LogP contribution in [0.2, 0.25) is 0 Å². The van der Waals surface area contributed by atoms with E-state index >= 15 is 0 Å². The predicted molar refractivity (Wildman–Crippen MR) is 107 cm³/mol. The molecule has 0 unspecified atom stereocenters. The summed E-state index contributed by atoms with van der Waals surface area (Å²) in [7, 11) is 1.51. The molecular weight excluding hydrogens is 388 g/mol. The maximum absolute atomic E-state index is 12.7. The first-order chi connectivity index (χ1) is 14.4. The highest BCUT2D eigenvalue weighted by atomic mass is 16.5. The molecule has 8 heteroatoms. The van der Waals surface area contributed by atoms with Crippen LogP contribution < -0.4 is 5.32 Å². The second kappa shape index (κ2) is 9.32. The fourth-order valence-electron chi connectivity index (χ4n) is 3.03. The van der Waals surface area contributed by atoms with Gasteiger partial charge in [-0.25, -0.2) is 4.79 Å². The van der Waals surface area contributed by atoms with Crippen molar-refractivity contribution in [2.24, 2.45) is 0 Å². The topological polar surface area (TPSA) is 102 Å².